The van der Waals surface area contributed by atoms with Gasteiger partial charge in [-0.25, -0.2) is 0 Å². The highest BCUT2D eigenvalue weighted by Crippen LogP contribution is 2.47. The predicted octanol–water partition coefficient (Wildman–Crippen LogP) is 2.55. The number of hydrogen-bond acceptors (Lipinski definition) is 5. The topological polar surface area (TPSA) is 79.2 Å². The molecule has 6 heteroatoms. The molecule has 0 bridgehead atoms. The van der Waals surface area contributed by atoms with E-state index in [1.165, 1.54) is 11.1 Å². The van der Waals surface area contributed by atoms with Crippen LogP contribution < -0.4 is 9.47 Å². The Morgan fingerprint density at radius 3 is 2.45 bits per heavy atom. The van der Waals surface area contributed by atoms with Gasteiger partial charge in [0.15, 0.2) is 11.5 Å². The molecule has 0 radical (unpaired) electrons. The maximum absolute atomic E-state index is 12.2. The van der Waals surface area contributed by atoms with Gasteiger partial charge in [-0.1, -0.05) is 37.3 Å². The quantitative estimate of drug-likeness (QED) is 0.744. The predicted molar refractivity (Wildman–Crippen MR) is 117 cm³/mol. The Hall–Kier alpha value is -2.57. The van der Waals surface area contributed by atoms with Crippen molar-refractivity contribution in [2.75, 3.05) is 26.8 Å². The van der Waals surface area contributed by atoms with Crippen molar-refractivity contribution in [3.05, 3.63) is 59.2 Å². The van der Waals surface area contributed by atoms with Gasteiger partial charge in [-0.3, -0.25) is 4.79 Å². The van der Waals surface area contributed by atoms with Crippen LogP contribution in [0.2, 0.25) is 0 Å². The molecule has 1 amide bonds. The lowest BCUT2D eigenvalue weighted by atomic mass is 9.72. The van der Waals surface area contributed by atoms with Gasteiger partial charge in [0.1, 0.15) is 12.7 Å². The molecule has 2 aromatic carbocycles. The molecule has 166 valence electrons. The van der Waals surface area contributed by atoms with E-state index in [2.05, 4.69) is 24.3 Å². The number of ether oxygens (including phenoxy) is 2. The van der Waals surface area contributed by atoms with Crippen LogP contribution in [0, 0.1) is 5.41 Å². The van der Waals surface area contributed by atoms with Gasteiger partial charge in [-0.2, -0.15) is 0 Å². The number of benzene rings is 2. The molecule has 0 saturated carbocycles. The monoisotopic (exact) mass is 425 g/mol. The van der Waals surface area contributed by atoms with Crippen LogP contribution in [-0.2, 0) is 17.6 Å². The van der Waals surface area contributed by atoms with Gasteiger partial charge in [0, 0.05) is 37.3 Å². The average Bonchev–Trinajstić information content (AvgIpc) is 3.34. The molecule has 4 rings (SSSR count). The minimum absolute atomic E-state index is 0.0424. The van der Waals surface area contributed by atoms with Crippen molar-refractivity contribution in [3.63, 3.8) is 0 Å². The third-order valence-corrected chi connectivity index (χ3v) is 7.07. The fraction of sp³-hybridized carbons (Fsp3) is 0.480. The van der Waals surface area contributed by atoms with E-state index in [4.69, 9.17) is 9.47 Å². The Kier molecular flexibility index (Phi) is 5.95. The Morgan fingerprint density at radius 2 is 1.87 bits per heavy atom. The van der Waals surface area contributed by atoms with Gasteiger partial charge >= 0.3 is 0 Å². The standard InChI is InChI=1S/C25H31NO5/c1-16(28)25(2)15-26(24(29)14-27)13-21(25)19-8-9-22(30-3)23(12-19)31-20-10-17-6-4-5-7-18(17)11-20/h4-9,12,16,20-21,27-28H,10-11,13-15H2,1-3H3/t16-,21+,25+/m1/s1. The van der Waals surface area contributed by atoms with E-state index < -0.39 is 18.1 Å². The summed E-state index contributed by atoms with van der Waals surface area (Å²) in [6, 6.07) is 14.3. The van der Waals surface area contributed by atoms with Crippen molar-refractivity contribution in [2.24, 2.45) is 5.41 Å². The minimum Gasteiger partial charge on any atom is -0.493 e. The third-order valence-electron chi connectivity index (χ3n) is 7.07. The van der Waals surface area contributed by atoms with Crippen molar-refractivity contribution in [1.82, 2.24) is 4.90 Å². The number of likely N-dealkylation sites (tertiary alicyclic amines) is 1. The molecular weight excluding hydrogens is 394 g/mol. The number of methoxy groups -OCH3 is 1. The number of nitrogens with zero attached hydrogens (tertiary/aromatic N) is 1. The number of hydrogen-bond donors (Lipinski definition) is 2. The lowest BCUT2D eigenvalue weighted by Crippen LogP contribution is -2.38. The zero-order valence-corrected chi connectivity index (χ0v) is 18.4. The number of rotatable bonds is 6. The highest BCUT2D eigenvalue weighted by molar-refractivity contribution is 5.77. The molecule has 6 nitrogen and oxygen atoms in total. The lowest BCUT2D eigenvalue weighted by molar-refractivity contribution is -0.133. The number of aliphatic hydroxyl groups excluding tert-OH is 2. The summed E-state index contributed by atoms with van der Waals surface area (Å²) >= 11 is 0. The molecule has 0 spiro atoms. The van der Waals surface area contributed by atoms with E-state index in [9.17, 15) is 15.0 Å². The number of carbonyl (C=O) groups is 1. The molecule has 1 aliphatic heterocycles. The average molecular weight is 426 g/mol. The molecule has 0 aromatic heterocycles. The Morgan fingerprint density at radius 1 is 1.19 bits per heavy atom. The van der Waals surface area contributed by atoms with Gasteiger partial charge in [0.25, 0.3) is 0 Å². The fourth-order valence-electron chi connectivity index (χ4n) is 5.00. The van der Waals surface area contributed by atoms with Gasteiger partial charge in [-0.15, -0.1) is 0 Å². The molecule has 31 heavy (non-hydrogen) atoms. The summed E-state index contributed by atoms with van der Waals surface area (Å²) in [6.07, 6.45) is 1.14. The molecular formula is C25H31NO5. The van der Waals surface area contributed by atoms with Crippen LogP contribution in [0.1, 0.15) is 36.5 Å². The molecule has 2 aromatic rings. The number of aliphatic hydroxyl groups is 2. The first-order valence-electron chi connectivity index (χ1n) is 10.8. The number of carbonyl (C=O) groups excluding carboxylic acids is 1. The molecule has 1 saturated heterocycles. The zero-order chi connectivity index (χ0) is 22.2. The zero-order valence-electron chi connectivity index (χ0n) is 18.4. The van der Waals surface area contributed by atoms with Crippen LogP contribution in [-0.4, -0.2) is 60.0 Å². The first-order valence-corrected chi connectivity index (χ1v) is 10.8. The number of amides is 1. The van der Waals surface area contributed by atoms with Gasteiger partial charge in [-0.05, 0) is 35.7 Å². The smallest absolute Gasteiger partial charge is 0.248 e. The van der Waals surface area contributed by atoms with Crippen LogP contribution in [0.3, 0.4) is 0 Å². The van der Waals surface area contributed by atoms with E-state index in [-0.39, 0.29) is 17.9 Å². The molecule has 3 atom stereocenters. The lowest BCUT2D eigenvalue weighted by Gasteiger charge is -2.34. The summed E-state index contributed by atoms with van der Waals surface area (Å²) in [4.78, 5) is 13.8. The Labute approximate surface area is 183 Å². The summed E-state index contributed by atoms with van der Waals surface area (Å²) < 4.78 is 12.0. The first-order chi connectivity index (χ1) is 14.9. The molecule has 2 N–H and O–H groups in total. The Bertz CT molecular complexity index is 934. The Balaban J connectivity index is 1.61. The summed E-state index contributed by atoms with van der Waals surface area (Å²) in [5.41, 5.74) is 3.10. The fourth-order valence-corrected chi connectivity index (χ4v) is 5.00. The van der Waals surface area contributed by atoms with Crippen LogP contribution in [0.5, 0.6) is 11.5 Å². The summed E-state index contributed by atoms with van der Waals surface area (Å²) in [5.74, 6) is 0.942. The number of fused-ring (bicyclic) bond motifs is 1. The normalized spacial score (nSPS) is 24.2. The maximum Gasteiger partial charge on any atom is 0.248 e. The van der Waals surface area contributed by atoms with E-state index >= 15 is 0 Å². The SMILES string of the molecule is COc1ccc([C@@H]2CN(C(=O)CO)C[C@@]2(C)[C@@H](C)O)cc1OC1Cc2ccccc2C1. The van der Waals surface area contributed by atoms with Crippen molar-refractivity contribution < 1.29 is 24.5 Å². The summed E-state index contributed by atoms with van der Waals surface area (Å²) in [5, 5.41) is 19.9. The molecule has 1 fully saturated rings. The van der Waals surface area contributed by atoms with Crippen molar-refractivity contribution in [2.45, 2.75) is 44.8 Å². The summed E-state index contributed by atoms with van der Waals surface area (Å²) in [7, 11) is 1.63. The van der Waals surface area contributed by atoms with Gasteiger partial charge in [0.2, 0.25) is 5.91 Å². The van der Waals surface area contributed by atoms with Crippen LogP contribution >= 0.6 is 0 Å². The molecule has 1 heterocycles. The highest BCUT2D eigenvalue weighted by Gasteiger charge is 2.48. The van der Waals surface area contributed by atoms with E-state index in [1.54, 1.807) is 18.9 Å². The van der Waals surface area contributed by atoms with E-state index in [1.807, 2.05) is 25.1 Å². The van der Waals surface area contributed by atoms with Crippen molar-refractivity contribution >= 4 is 5.91 Å². The van der Waals surface area contributed by atoms with Crippen LogP contribution in [0.15, 0.2) is 42.5 Å². The second kappa shape index (κ2) is 8.52. The van der Waals surface area contributed by atoms with Crippen molar-refractivity contribution in [3.8, 4) is 11.5 Å². The third kappa shape index (κ3) is 4.02. The van der Waals surface area contributed by atoms with Crippen molar-refractivity contribution in [1.29, 1.82) is 0 Å². The van der Waals surface area contributed by atoms with Crippen LogP contribution in [0.4, 0.5) is 0 Å². The van der Waals surface area contributed by atoms with Gasteiger partial charge in [0.05, 0.1) is 13.2 Å². The van der Waals surface area contributed by atoms with Gasteiger partial charge < -0.3 is 24.6 Å². The van der Waals surface area contributed by atoms with Crippen LogP contribution in [0.25, 0.3) is 0 Å². The summed E-state index contributed by atoms with van der Waals surface area (Å²) in [6.45, 7) is 4.07. The second-order valence-electron chi connectivity index (χ2n) is 8.99. The molecule has 0 unspecified atom stereocenters. The molecule has 1 aliphatic carbocycles. The van der Waals surface area contributed by atoms with E-state index in [0.29, 0.717) is 24.6 Å². The second-order valence-corrected chi connectivity index (χ2v) is 8.99. The molecule has 2 aliphatic rings. The maximum atomic E-state index is 12.2. The largest absolute Gasteiger partial charge is 0.493 e. The highest BCUT2D eigenvalue weighted by atomic mass is 16.5. The minimum atomic E-state index is -0.621. The van der Waals surface area contributed by atoms with E-state index in [0.717, 1.165) is 18.4 Å². The first kappa shape index (κ1) is 21.7.